The molecule has 124 valence electrons. The van der Waals surface area contributed by atoms with E-state index in [2.05, 4.69) is 57.4 Å². The number of aliphatic imine (C=N–C) groups is 1. The summed E-state index contributed by atoms with van der Waals surface area (Å²) in [6.07, 6.45) is 5.52. The zero-order valence-corrected chi connectivity index (χ0v) is 14.0. The Balaban J connectivity index is 1.44. The van der Waals surface area contributed by atoms with E-state index >= 15 is 0 Å². The van der Waals surface area contributed by atoms with Crippen LogP contribution in [0.5, 0.6) is 0 Å². The zero-order chi connectivity index (χ0) is 16.1. The number of benzene rings is 1. The summed E-state index contributed by atoms with van der Waals surface area (Å²) in [5.74, 6) is 1.58. The summed E-state index contributed by atoms with van der Waals surface area (Å²) in [7, 11) is 1.86. The van der Waals surface area contributed by atoms with E-state index in [9.17, 15) is 0 Å². The van der Waals surface area contributed by atoms with Gasteiger partial charge < -0.3 is 10.6 Å². The quantitative estimate of drug-likeness (QED) is 0.498. The molecule has 4 heteroatoms. The van der Waals surface area contributed by atoms with E-state index in [1.54, 1.807) is 0 Å². The van der Waals surface area contributed by atoms with Gasteiger partial charge in [-0.15, -0.1) is 6.58 Å². The molecule has 2 fully saturated rings. The van der Waals surface area contributed by atoms with Crippen molar-refractivity contribution in [2.24, 2.45) is 4.99 Å². The lowest BCUT2D eigenvalue weighted by Gasteiger charge is -2.32. The highest BCUT2D eigenvalue weighted by molar-refractivity contribution is 5.80. The van der Waals surface area contributed by atoms with Gasteiger partial charge in [-0.3, -0.25) is 9.89 Å². The Hall–Kier alpha value is -1.81. The summed E-state index contributed by atoms with van der Waals surface area (Å²) in [4.78, 5) is 6.86. The molecule has 1 aromatic carbocycles. The third-order valence-corrected chi connectivity index (χ3v) is 4.88. The van der Waals surface area contributed by atoms with Gasteiger partial charge in [0.25, 0.3) is 0 Å². The van der Waals surface area contributed by atoms with Crippen molar-refractivity contribution >= 4 is 5.96 Å². The highest BCUT2D eigenvalue weighted by Crippen LogP contribution is 2.40. The molecule has 23 heavy (non-hydrogen) atoms. The summed E-state index contributed by atoms with van der Waals surface area (Å²) in [6, 6.07) is 11.8. The first-order valence-electron chi connectivity index (χ1n) is 8.68. The Bertz CT molecular complexity index is 532. The first kappa shape index (κ1) is 16.1. The number of piperidine rings is 1. The molecular formula is C19H28N4. The molecule has 1 aliphatic carbocycles. The molecule has 0 bridgehead atoms. The number of guanidine groups is 1. The lowest BCUT2D eigenvalue weighted by Crippen LogP contribution is -2.49. The van der Waals surface area contributed by atoms with E-state index in [-0.39, 0.29) is 0 Å². The number of likely N-dealkylation sites (tertiary alicyclic amines) is 1. The van der Waals surface area contributed by atoms with Crippen LogP contribution in [-0.2, 0) is 0 Å². The summed E-state index contributed by atoms with van der Waals surface area (Å²) in [5.41, 5.74) is 1.43. The summed E-state index contributed by atoms with van der Waals surface area (Å²) < 4.78 is 0. The van der Waals surface area contributed by atoms with Crippen LogP contribution in [0.15, 0.2) is 48.0 Å². The second-order valence-corrected chi connectivity index (χ2v) is 6.58. The van der Waals surface area contributed by atoms with E-state index in [4.69, 9.17) is 0 Å². The zero-order valence-electron chi connectivity index (χ0n) is 14.0. The maximum Gasteiger partial charge on any atom is 0.191 e. The third kappa shape index (κ3) is 4.35. The fourth-order valence-electron chi connectivity index (χ4n) is 3.41. The second kappa shape index (κ2) is 7.64. The standard InChI is InChI=1S/C19H28N4/c1-3-11-23-12-9-16(10-13-23)21-19(20-2)22-18-14-17(18)15-7-5-4-6-8-15/h3-8,16-18H,1,9-14H2,2H3,(H2,20,21,22). The van der Waals surface area contributed by atoms with Crippen molar-refractivity contribution < 1.29 is 0 Å². The molecule has 2 atom stereocenters. The van der Waals surface area contributed by atoms with Crippen molar-refractivity contribution in [1.82, 2.24) is 15.5 Å². The van der Waals surface area contributed by atoms with Crippen molar-refractivity contribution in [2.75, 3.05) is 26.7 Å². The molecule has 0 spiro atoms. The molecule has 1 saturated heterocycles. The summed E-state index contributed by atoms with van der Waals surface area (Å²) in [5, 5.41) is 7.18. The Morgan fingerprint density at radius 3 is 2.65 bits per heavy atom. The molecule has 4 nitrogen and oxygen atoms in total. The number of nitrogens with one attached hydrogen (secondary N) is 2. The molecule has 3 rings (SSSR count). The fourth-order valence-corrected chi connectivity index (χ4v) is 3.41. The lowest BCUT2D eigenvalue weighted by molar-refractivity contribution is 0.225. The van der Waals surface area contributed by atoms with Gasteiger partial charge in [0.15, 0.2) is 5.96 Å². The van der Waals surface area contributed by atoms with Crippen molar-refractivity contribution in [3.05, 3.63) is 48.6 Å². The molecule has 1 heterocycles. The van der Waals surface area contributed by atoms with Crippen LogP contribution >= 0.6 is 0 Å². The van der Waals surface area contributed by atoms with Gasteiger partial charge in [-0.05, 0) is 24.8 Å². The van der Waals surface area contributed by atoms with Crippen LogP contribution < -0.4 is 10.6 Å². The number of hydrogen-bond donors (Lipinski definition) is 2. The Labute approximate surface area is 139 Å². The first-order valence-corrected chi connectivity index (χ1v) is 8.68. The monoisotopic (exact) mass is 312 g/mol. The van der Waals surface area contributed by atoms with Crippen molar-refractivity contribution in [3.8, 4) is 0 Å². The minimum absolute atomic E-state index is 0.518. The minimum atomic E-state index is 0.518. The smallest absolute Gasteiger partial charge is 0.191 e. The van der Waals surface area contributed by atoms with Crippen molar-refractivity contribution in [3.63, 3.8) is 0 Å². The van der Waals surface area contributed by atoms with Crippen LogP contribution in [0, 0.1) is 0 Å². The minimum Gasteiger partial charge on any atom is -0.354 e. The van der Waals surface area contributed by atoms with Crippen LogP contribution in [0.25, 0.3) is 0 Å². The van der Waals surface area contributed by atoms with E-state index < -0.39 is 0 Å². The van der Waals surface area contributed by atoms with E-state index in [1.807, 2.05) is 13.1 Å². The molecule has 0 aromatic heterocycles. The van der Waals surface area contributed by atoms with Crippen LogP contribution in [0.2, 0.25) is 0 Å². The van der Waals surface area contributed by atoms with Gasteiger partial charge in [-0.1, -0.05) is 36.4 Å². The third-order valence-electron chi connectivity index (χ3n) is 4.88. The van der Waals surface area contributed by atoms with Crippen molar-refractivity contribution in [2.45, 2.75) is 37.3 Å². The van der Waals surface area contributed by atoms with Gasteiger partial charge in [0.1, 0.15) is 0 Å². The molecule has 2 N–H and O–H groups in total. The van der Waals surface area contributed by atoms with Gasteiger partial charge in [-0.2, -0.15) is 0 Å². The van der Waals surface area contributed by atoms with Gasteiger partial charge in [0.05, 0.1) is 0 Å². The first-order chi connectivity index (χ1) is 11.3. The molecule has 2 unspecified atom stereocenters. The van der Waals surface area contributed by atoms with E-state index in [1.165, 1.54) is 24.8 Å². The maximum absolute atomic E-state index is 4.41. The largest absolute Gasteiger partial charge is 0.354 e. The molecule has 1 aliphatic heterocycles. The number of nitrogens with zero attached hydrogens (tertiary/aromatic N) is 2. The normalized spacial score (nSPS) is 25.9. The summed E-state index contributed by atoms with van der Waals surface area (Å²) in [6.45, 7) is 7.09. The topological polar surface area (TPSA) is 39.7 Å². The highest BCUT2D eigenvalue weighted by atomic mass is 15.2. The van der Waals surface area contributed by atoms with Gasteiger partial charge in [0.2, 0.25) is 0 Å². The van der Waals surface area contributed by atoms with Crippen molar-refractivity contribution in [1.29, 1.82) is 0 Å². The van der Waals surface area contributed by atoms with Crippen LogP contribution in [0.1, 0.15) is 30.7 Å². The maximum atomic E-state index is 4.41. The lowest BCUT2D eigenvalue weighted by atomic mass is 10.1. The van der Waals surface area contributed by atoms with E-state index in [0.717, 1.165) is 25.6 Å². The molecule has 0 amide bonds. The molecule has 0 radical (unpaired) electrons. The van der Waals surface area contributed by atoms with Gasteiger partial charge in [0, 0.05) is 44.7 Å². The predicted octanol–water partition coefficient (Wildman–Crippen LogP) is 2.36. The fraction of sp³-hybridized carbons (Fsp3) is 0.526. The van der Waals surface area contributed by atoms with E-state index in [0.29, 0.717) is 18.0 Å². The average Bonchev–Trinajstić information content (AvgIpc) is 3.36. The molecule has 1 aromatic rings. The number of rotatable bonds is 5. The Morgan fingerprint density at radius 1 is 1.26 bits per heavy atom. The molecular weight excluding hydrogens is 284 g/mol. The highest BCUT2D eigenvalue weighted by Gasteiger charge is 2.39. The second-order valence-electron chi connectivity index (χ2n) is 6.58. The average molecular weight is 312 g/mol. The number of hydrogen-bond acceptors (Lipinski definition) is 2. The Kier molecular flexibility index (Phi) is 5.34. The van der Waals surface area contributed by atoms with Gasteiger partial charge in [-0.25, -0.2) is 0 Å². The molecule has 1 saturated carbocycles. The van der Waals surface area contributed by atoms with Crippen LogP contribution in [0.4, 0.5) is 0 Å². The predicted molar refractivity (Wildman–Crippen MR) is 96.9 cm³/mol. The Morgan fingerprint density at radius 2 is 2.00 bits per heavy atom. The SMILES string of the molecule is C=CCN1CCC(NC(=NC)NC2CC2c2ccccc2)CC1. The summed E-state index contributed by atoms with van der Waals surface area (Å²) >= 11 is 0. The van der Waals surface area contributed by atoms with Crippen LogP contribution in [-0.4, -0.2) is 49.6 Å². The molecule has 2 aliphatic rings. The van der Waals surface area contributed by atoms with Gasteiger partial charge >= 0.3 is 0 Å². The van der Waals surface area contributed by atoms with Crippen LogP contribution in [0.3, 0.4) is 0 Å².